The fraction of sp³-hybridized carbons (Fsp3) is 0.917. The molecular formula is C12H23ClN2O. The van der Waals surface area contributed by atoms with Crippen molar-refractivity contribution >= 4 is 17.5 Å². The maximum atomic E-state index is 11.8. The molecule has 0 aliphatic carbocycles. The summed E-state index contributed by atoms with van der Waals surface area (Å²) >= 11 is 5.60. The average Bonchev–Trinajstić information content (AvgIpc) is 2.35. The molecule has 1 rings (SSSR count). The lowest BCUT2D eigenvalue weighted by molar-refractivity contribution is -0.132. The fourth-order valence-corrected chi connectivity index (χ4v) is 2.35. The highest BCUT2D eigenvalue weighted by Crippen LogP contribution is 2.16. The SMILES string of the molecule is CCN1CCC(N(C)C(=O)CCCCl)CC1. The highest BCUT2D eigenvalue weighted by Gasteiger charge is 2.24. The van der Waals surface area contributed by atoms with Crippen molar-refractivity contribution in [2.75, 3.05) is 32.6 Å². The van der Waals surface area contributed by atoms with Gasteiger partial charge < -0.3 is 9.80 Å². The highest BCUT2D eigenvalue weighted by molar-refractivity contribution is 6.17. The molecule has 3 nitrogen and oxygen atoms in total. The summed E-state index contributed by atoms with van der Waals surface area (Å²) in [6.45, 7) is 5.55. The van der Waals surface area contributed by atoms with Gasteiger partial charge in [-0.15, -0.1) is 11.6 Å². The zero-order valence-electron chi connectivity index (χ0n) is 10.4. The molecule has 0 radical (unpaired) electrons. The van der Waals surface area contributed by atoms with E-state index in [4.69, 9.17) is 11.6 Å². The summed E-state index contributed by atoms with van der Waals surface area (Å²) in [5, 5.41) is 0. The molecule has 94 valence electrons. The van der Waals surface area contributed by atoms with E-state index in [1.54, 1.807) is 0 Å². The Balaban J connectivity index is 2.32. The van der Waals surface area contributed by atoms with Crippen LogP contribution in [0.4, 0.5) is 0 Å². The van der Waals surface area contributed by atoms with Crippen LogP contribution in [0.15, 0.2) is 0 Å². The number of carbonyl (C=O) groups is 1. The summed E-state index contributed by atoms with van der Waals surface area (Å²) < 4.78 is 0. The number of nitrogens with zero attached hydrogens (tertiary/aromatic N) is 2. The van der Waals surface area contributed by atoms with Crippen LogP contribution in [0.3, 0.4) is 0 Å². The molecule has 0 N–H and O–H groups in total. The first-order valence-electron chi connectivity index (χ1n) is 6.23. The van der Waals surface area contributed by atoms with Gasteiger partial charge in [-0.2, -0.15) is 0 Å². The normalized spacial score (nSPS) is 18.7. The third kappa shape index (κ3) is 3.95. The molecule has 1 fully saturated rings. The van der Waals surface area contributed by atoms with Gasteiger partial charge in [0.25, 0.3) is 0 Å². The van der Waals surface area contributed by atoms with Crippen LogP contribution in [0, 0.1) is 0 Å². The first kappa shape index (κ1) is 13.8. The third-order valence-corrected chi connectivity index (χ3v) is 3.74. The van der Waals surface area contributed by atoms with Gasteiger partial charge in [0, 0.05) is 38.5 Å². The summed E-state index contributed by atoms with van der Waals surface area (Å²) in [5.74, 6) is 0.823. The molecule has 0 saturated carbocycles. The minimum atomic E-state index is 0.246. The summed E-state index contributed by atoms with van der Waals surface area (Å²) in [5.41, 5.74) is 0. The minimum Gasteiger partial charge on any atom is -0.343 e. The molecule has 4 heteroatoms. The Kier molecular flexibility index (Phi) is 6.14. The summed E-state index contributed by atoms with van der Waals surface area (Å²) in [6, 6.07) is 0.436. The smallest absolute Gasteiger partial charge is 0.222 e. The van der Waals surface area contributed by atoms with Crippen molar-refractivity contribution in [2.45, 2.75) is 38.6 Å². The van der Waals surface area contributed by atoms with Crippen LogP contribution in [-0.2, 0) is 4.79 Å². The number of amides is 1. The number of alkyl halides is 1. The van der Waals surface area contributed by atoms with Gasteiger partial charge in [-0.05, 0) is 25.8 Å². The topological polar surface area (TPSA) is 23.6 Å². The van der Waals surface area contributed by atoms with Gasteiger partial charge in [-0.25, -0.2) is 0 Å². The lowest BCUT2D eigenvalue weighted by Gasteiger charge is -2.36. The predicted octanol–water partition coefficient (Wildman–Crippen LogP) is 1.95. The Hall–Kier alpha value is -0.280. The fourth-order valence-electron chi connectivity index (χ4n) is 2.22. The van der Waals surface area contributed by atoms with Crippen LogP contribution in [-0.4, -0.2) is 54.3 Å². The maximum absolute atomic E-state index is 11.8. The second-order valence-corrected chi connectivity index (χ2v) is 4.84. The van der Waals surface area contributed by atoms with Crippen LogP contribution in [0.2, 0.25) is 0 Å². The molecule has 1 aliphatic heterocycles. The molecule has 0 atom stereocenters. The number of rotatable bonds is 5. The predicted molar refractivity (Wildman–Crippen MR) is 67.9 cm³/mol. The van der Waals surface area contributed by atoms with Gasteiger partial charge in [0.2, 0.25) is 5.91 Å². The van der Waals surface area contributed by atoms with Crippen molar-refractivity contribution in [3.05, 3.63) is 0 Å². The van der Waals surface area contributed by atoms with Gasteiger partial charge >= 0.3 is 0 Å². The molecule has 0 aromatic rings. The largest absolute Gasteiger partial charge is 0.343 e. The quantitative estimate of drug-likeness (QED) is 0.693. The lowest BCUT2D eigenvalue weighted by atomic mass is 10.0. The average molecular weight is 247 g/mol. The van der Waals surface area contributed by atoms with Gasteiger partial charge in [-0.1, -0.05) is 6.92 Å². The number of piperidine rings is 1. The molecule has 16 heavy (non-hydrogen) atoms. The zero-order valence-corrected chi connectivity index (χ0v) is 11.2. The number of halogens is 1. The van der Waals surface area contributed by atoms with E-state index in [0.29, 0.717) is 18.3 Å². The van der Waals surface area contributed by atoms with E-state index in [1.807, 2.05) is 11.9 Å². The van der Waals surface area contributed by atoms with Crippen molar-refractivity contribution in [3.63, 3.8) is 0 Å². The van der Waals surface area contributed by atoms with E-state index in [0.717, 1.165) is 38.9 Å². The second kappa shape index (κ2) is 7.13. The molecule has 1 amide bonds. The molecule has 1 heterocycles. The van der Waals surface area contributed by atoms with Crippen LogP contribution < -0.4 is 0 Å². The van der Waals surface area contributed by atoms with E-state index in [-0.39, 0.29) is 5.91 Å². The Labute approximate surface area is 104 Å². The van der Waals surface area contributed by atoms with E-state index in [9.17, 15) is 4.79 Å². The molecule has 1 saturated heterocycles. The van der Waals surface area contributed by atoms with Crippen molar-refractivity contribution < 1.29 is 4.79 Å². The van der Waals surface area contributed by atoms with Gasteiger partial charge in [-0.3, -0.25) is 4.79 Å². The molecule has 0 aromatic heterocycles. The zero-order chi connectivity index (χ0) is 12.0. The molecule has 0 bridgehead atoms. The van der Waals surface area contributed by atoms with Crippen LogP contribution in [0.5, 0.6) is 0 Å². The lowest BCUT2D eigenvalue weighted by Crippen LogP contribution is -2.45. The first-order valence-corrected chi connectivity index (χ1v) is 6.76. The third-order valence-electron chi connectivity index (χ3n) is 3.47. The van der Waals surface area contributed by atoms with Crippen molar-refractivity contribution in [2.24, 2.45) is 0 Å². The minimum absolute atomic E-state index is 0.246. The Morgan fingerprint density at radius 2 is 2.06 bits per heavy atom. The van der Waals surface area contributed by atoms with E-state index in [2.05, 4.69) is 11.8 Å². The van der Waals surface area contributed by atoms with Crippen molar-refractivity contribution in [3.8, 4) is 0 Å². The first-order chi connectivity index (χ1) is 7.69. The second-order valence-electron chi connectivity index (χ2n) is 4.46. The summed E-state index contributed by atoms with van der Waals surface area (Å²) in [6.07, 6.45) is 3.60. The van der Waals surface area contributed by atoms with Gasteiger partial charge in [0.05, 0.1) is 0 Å². The molecule has 0 spiro atoms. The van der Waals surface area contributed by atoms with E-state index >= 15 is 0 Å². The van der Waals surface area contributed by atoms with Gasteiger partial charge in [0.15, 0.2) is 0 Å². The number of hydrogen-bond acceptors (Lipinski definition) is 2. The highest BCUT2D eigenvalue weighted by atomic mass is 35.5. The monoisotopic (exact) mass is 246 g/mol. The van der Waals surface area contributed by atoms with Crippen LogP contribution in [0.25, 0.3) is 0 Å². The van der Waals surface area contributed by atoms with E-state index in [1.165, 1.54) is 0 Å². The maximum Gasteiger partial charge on any atom is 0.222 e. The van der Waals surface area contributed by atoms with Crippen molar-refractivity contribution in [1.29, 1.82) is 0 Å². The number of likely N-dealkylation sites (tertiary alicyclic amines) is 1. The summed E-state index contributed by atoms with van der Waals surface area (Å²) in [4.78, 5) is 16.2. The van der Waals surface area contributed by atoms with Crippen molar-refractivity contribution in [1.82, 2.24) is 9.80 Å². The Morgan fingerprint density at radius 3 is 2.56 bits per heavy atom. The number of hydrogen-bond donors (Lipinski definition) is 0. The molecule has 1 aliphatic rings. The number of carbonyl (C=O) groups excluding carboxylic acids is 1. The van der Waals surface area contributed by atoms with Gasteiger partial charge in [0.1, 0.15) is 0 Å². The standard InChI is InChI=1S/C12H23ClN2O/c1-3-15-9-6-11(7-10-15)14(2)12(16)5-4-8-13/h11H,3-10H2,1-2H3. The molecule has 0 aromatic carbocycles. The van der Waals surface area contributed by atoms with E-state index < -0.39 is 0 Å². The summed E-state index contributed by atoms with van der Waals surface area (Å²) in [7, 11) is 1.93. The van der Waals surface area contributed by atoms with Crippen LogP contribution >= 0.6 is 11.6 Å². The molecular weight excluding hydrogens is 224 g/mol. The Morgan fingerprint density at radius 1 is 1.44 bits per heavy atom. The van der Waals surface area contributed by atoms with Crippen LogP contribution in [0.1, 0.15) is 32.6 Å². The Bertz CT molecular complexity index is 215. The molecule has 0 unspecified atom stereocenters.